The van der Waals surface area contributed by atoms with E-state index in [9.17, 15) is 13.2 Å². The summed E-state index contributed by atoms with van der Waals surface area (Å²) in [6, 6.07) is 12.5. The Morgan fingerprint density at radius 1 is 0.839 bits per heavy atom. The molecule has 1 aliphatic rings. The van der Waals surface area contributed by atoms with Gasteiger partial charge in [0.1, 0.15) is 11.6 Å². The number of hydrogen-bond donors (Lipinski definition) is 0. The molecule has 1 unspecified atom stereocenters. The molecule has 0 nitrogen and oxygen atoms in total. The first kappa shape index (κ1) is 21.2. The van der Waals surface area contributed by atoms with E-state index < -0.39 is 11.6 Å². The third-order valence-electron chi connectivity index (χ3n) is 5.89. The zero-order valence-corrected chi connectivity index (χ0v) is 17.2. The van der Waals surface area contributed by atoms with Crippen molar-refractivity contribution >= 4 is 0 Å². The van der Waals surface area contributed by atoms with Gasteiger partial charge in [-0.05, 0) is 84.2 Å². The van der Waals surface area contributed by atoms with Crippen LogP contribution in [0.4, 0.5) is 17.6 Å². The van der Waals surface area contributed by atoms with Gasteiger partial charge in [0.25, 0.3) is 0 Å². The lowest BCUT2D eigenvalue weighted by Gasteiger charge is -2.26. The summed E-state index contributed by atoms with van der Waals surface area (Å²) in [4.78, 5) is 0. The van der Waals surface area contributed by atoms with Crippen molar-refractivity contribution in [3.05, 3.63) is 105 Å². The van der Waals surface area contributed by atoms with Crippen molar-refractivity contribution in [1.29, 1.82) is 0 Å². The van der Waals surface area contributed by atoms with Gasteiger partial charge < -0.3 is 0 Å². The van der Waals surface area contributed by atoms with Gasteiger partial charge in [-0.2, -0.15) is 0 Å². The van der Waals surface area contributed by atoms with Crippen molar-refractivity contribution < 1.29 is 17.6 Å². The summed E-state index contributed by atoms with van der Waals surface area (Å²) in [6.45, 7) is 1.93. The van der Waals surface area contributed by atoms with E-state index in [1.54, 1.807) is 30.3 Å². The van der Waals surface area contributed by atoms with Gasteiger partial charge in [0.2, 0.25) is 0 Å². The molecular formula is C27H22F4. The minimum atomic E-state index is -0.776. The molecule has 0 bridgehead atoms. The van der Waals surface area contributed by atoms with Crippen molar-refractivity contribution in [1.82, 2.24) is 0 Å². The summed E-state index contributed by atoms with van der Waals surface area (Å²) in [5.41, 5.74) is 3.04. The zero-order valence-electron chi connectivity index (χ0n) is 17.2. The fraction of sp³-hybridized carbons (Fsp3) is 0.259. The summed E-state index contributed by atoms with van der Waals surface area (Å²) in [7, 11) is 0. The molecule has 31 heavy (non-hydrogen) atoms. The topological polar surface area (TPSA) is 0 Å². The van der Waals surface area contributed by atoms with E-state index in [2.05, 4.69) is 11.8 Å². The Bertz CT molecular complexity index is 1170. The molecule has 158 valence electrons. The van der Waals surface area contributed by atoms with Gasteiger partial charge >= 0.3 is 0 Å². The standard InChI is InChI=1S/C27H22F4/c1-2-3-18-10-14-24(27(31)26(18)30)21-11-15-23-20(16-21)9-8-19(25(23)29)7-4-17-5-12-22(28)13-6-17/h5-6,8-10,12-14,21H,2-3,11,15-16H2,1H3. The van der Waals surface area contributed by atoms with Crippen LogP contribution in [-0.2, 0) is 19.3 Å². The molecule has 0 saturated carbocycles. The number of halogens is 4. The van der Waals surface area contributed by atoms with E-state index in [4.69, 9.17) is 0 Å². The van der Waals surface area contributed by atoms with Crippen LogP contribution >= 0.6 is 0 Å². The van der Waals surface area contributed by atoms with Crippen molar-refractivity contribution in [3.8, 4) is 11.8 Å². The van der Waals surface area contributed by atoms with E-state index in [-0.39, 0.29) is 23.1 Å². The van der Waals surface area contributed by atoms with Gasteiger partial charge in [-0.25, -0.2) is 17.6 Å². The van der Waals surface area contributed by atoms with Gasteiger partial charge in [0, 0.05) is 5.56 Å². The molecule has 3 aromatic rings. The fourth-order valence-electron chi connectivity index (χ4n) is 4.23. The summed E-state index contributed by atoms with van der Waals surface area (Å²) in [5, 5.41) is 0. The predicted octanol–water partition coefficient (Wildman–Crippen LogP) is 6.87. The largest absolute Gasteiger partial charge is 0.207 e. The van der Waals surface area contributed by atoms with Crippen LogP contribution in [0.25, 0.3) is 0 Å². The van der Waals surface area contributed by atoms with E-state index in [1.165, 1.54) is 12.1 Å². The van der Waals surface area contributed by atoms with Gasteiger partial charge in [-0.1, -0.05) is 43.4 Å². The molecule has 4 rings (SSSR count). The highest BCUT2D eigenvalue weighted by Crippen LogP contribution is 2.36. The van der Waals surface area contributed by atoms with E-state index in [0.717, 1.165) is 12.0 Å². The van der Waals surface area contributed by atoms with Crippen LogP contribution in [0, 0.1) is 35.1 Å². The first-order valence-corrected chi connectivity index (χ1v) is 10.5. The maximum absolute atomic E-state index is 15.0. The SMILES string of the molecule is CCCc1ccc(C2CCc3c(ccc(C#Cc4ccc(F)cc4)c3F)C2)c(F)c1F. The van der Waals surface area contributed by atoms with Gasteiger partial charge in [0.15, 0.2) is 11.6 Å². The highest BCUT2D eigenvalue weighted by Gasteiger charge is 2.27. The van der Waals surface area contributed by atoms with Gasteiger partial charge in [-0.3, -0.25) is 0 Å². The lowest BCUT2D eigenvalue weighted by molar-refractivity contribution is 0.463. The number of hydrogen-bond acceptors (Lipinski definition) is 0. The molecule has 0 aromatic heterocycles. The highest BCUT2D eigenvalue weighted by atomic mass is 19.2. The van der Waals surface area contributed by atoms with E-state index >= 15 is 4.39 Å². The first-order valence-electron chi connectivity index (χ1n) is 10.5. The van der Waals surface area contributed by atoms with E-state index in [1.807, 2.05) is 13.0 Å². The summed E-state index contributed by atoms with van der Waals surface area (Å²) < 4.78 is 57.1. The van der Waals surface area contributed by atoms with Crippen molar-refractivity contribution in [2.24, 2.45) is 0 Å². The first-order chi connectivity index (χ1) is 15.0. The van der Waals surface area contributed by atoms with Crippen LogP contribution in [0.3, 0.4) is 0 Å². The molecule has 1 atom stereocenters. The second-order valence-electron chi connectivity index (χ2n) is 7.95. The van der Waals surface area contributed by atoms with Crippen LogP contribution < -0.4 is 0 Å². The molecule has 0 radical (unpaired) electrons. The number of benzene rings is 3. The number of aryl methyl sites for hydroxylation is 1. The summed E-state index contributed by atoms with van der Waals surface area (Å²) >= 11 is 0. The maximum atomic E-state index is 15.0. The molecule has 0 saturated heterocycles. The second-order valence-corrected chi connectivity index (χ2v) is 7.95. The average Bonchev–Trinajstić information content (AvgIpc) is 2.78. The Morgan fingerprint density at radius 3 is 2.35 bits per heavy atom. The summed E-state index contributed by atoms with van der Waals surface area (Å²) in [5.74, 6) is 3.23. The Balaban J connectivity index is 1.58. The van der Waals surface area contributed by atoms with Crippen molar-refractivity contribution in [2.75, 3.05) is 0 Å². The number of fused-ring (bicyclic) bond motifs is 1. The van der Waals surface area contributed by atoms with Crippen LogP contribution in [0.5, 0.6) is 0 Å². The van der Waals surface area contributed by atoms with Crippen molar-refractivity contribution in [2.45, 2.75) is 44.9 Å². The van der Waals surface area contributed by atoms with E-state index in [0.29, 0.717) is 47.9 Å². The summed E-state index contributed by atoms with van der Waals surface area (Å²) in [6.07, 6.45) is 2.70. The lowest BCUT2D eigenvalue weighted by atomic mass is 9.79. The predicted molar refractivity (Wildman–Crippen MR) is 114 cm³/mol. The van der Waals surface area contributed by atoms with Crippen LogP contribution in [0.15, 0.2) is 48.5 Å². The molecule has 0 fully saturated rings. The third kappa shape index (κ3) is 4.37. The smallest absolute Gasteiger partial charge is 0.162 e. The van der Waals surface area contributed by atoms with Crippen molar-refractivity contribution in [3.63, 3.8) is 0 Å². The Labute approximate surface area is 179 Å². The molecule has 0 amide bonds. The molecule has 0 aliphatic heterocycles. The van der Waals surface area contributed by atoms with Crippen LogP contribution in [0.1, 0.15) is 59.1 Å². The molecule has 0 N–H and O–H groups in total. The van der Waals surface area contributed by atoms with Gasteiger partial charge in [0.05, 0.1) is 5.56 Å². The van der Waals surface area contributed by atoms with Crippen LogP contribution in [-0.4, -0.2) is 0 Å². The molecule has 3 aromatic carbocycles. The van der Waals surface area contributed by atoms with Gasteiger partial charge in [-0.15, -0.1) is 0 Å². The minimum Gasteiger partial charge on any atom is -0.207 e. The fourth-order valence-corrected chi connectivity index (χ4v) is 4.23. The Hall–Kier alpha value is -3.06. The monoisotopic (exact) mass is 422 g/mol. The molecule has 4 heteroatoms. The number of rotatable bonds is 3. The Morgan fingerprint density at radius 2 is 1.61 bits per heavy atom. The zero-order chi connectivity index (χ0) is 22.0. The average molecular weight is 422 g/mol. The quantitative estimate of drug-likeness (QED) is 0.319. The molecular weight excluding hydrogens is 400 g/mol. The Kier molecular flexibility index (Phi) is 6.13. The lowest BCUT2D eigenvalue weighted by Crippen LogP contribution is -2.17. The third-order valence-corrected chi connectivity index (χ3v) is 5.89. The maximum Gasteiger partial charge on any atom is 0.162 e. The second kappa shape index (κ2) is 8.98. The molecule has 1 aliphatic carbocycles. The molecule has 0 spiro atoms. The normalized spacial score (nSPS) is 15.2. The highest BCUT2D eigenvalue weighted by molar-refractivity contribution is 5.48. The molecule has 0 heterocycles. The minimum absolute atomic E-state index is 0.187. The van der Waals surface area contributed by atoms with Crippen LogP contribution in [0.2, 0.25) is 0 Å².